The standard InChI is InChI=1S/C14H16ClN3O2/c1-10(18-5-7-19-8-6-18)13-16-17-14(20-13)11-3-2-4-12(15)9-11/h2-4,9-10H,5-8H2,1H3/t10-/m1/s1. The maximum Gasteiger partial charge on any atom is 0.247 e. The molecule has 1 atom stereocenters. The van der Waals surface area contributed by atoms with E-state index in [1.165, 1.54) is 0 Å². The molecule has 0 saturated carbocycles. The van der Waals surface area contributed by atoms with Crippen molar-refractivity contribution in [3.8, 4) is 11.5 Å². The van der Waals surface area contributed by atoms with Crippen molar-refractivity contribution in [2.45, 2.75) is 13.0 Å². The smallest absolute Gasteiger partial charge is 0.247 e. The SMILES string of the molecule is C[C@H](c1nnc(-c2cccc(Cl)c2)o1)N1CCOCC1. The number of aromatic nitrogens is 2. The molecule has 1 aromatic carbocycles. The predicted molar refractivity (Wildman–Crippen MR) is 75.6 cm³/mol. The van der Waals surface area contributed by atoms with Gasteiger partial charge in [-0.3, -0.25) is 4.90 Å². The van der Waals surface area contributed by atoms with Gasteiger partial charge in [-0.15, -0.1) is 10.2 Å². The van der Waals surface area contributed by atoms with E-state index in [0.29, 0.717) is 16.8 Å². The molecule has 1 aliphatic rings. The van der Waals surface area contributed by atoms with E-state index in [4.69, 9.17) is 20.8 Å². The van der Waals surface area contributed by atoms with Gasteiger partial charge in [0.1, 0.15) is 0 Å². The summed E-state index contributed by atoms with van der Waals surface area (Å²) in [6.45, 7) is 5.34. The van der Waals surface area contributed by atoms with Crippen LogP contribution in [-0.2, 0) is 4.74 Å². The minimum Gasteiger partial charge on any atom is -0.419 e. The van der Waals surface area contributed by atoms with E-state index in [0.717, 1.165) is 31.9 Å². The van der Waals surface area contributed by atoms with E-state index in [2.05, 4.69) is 22.0 Å². The molecule has 1 saturated heterocycles. The van der Waals surface area contributed by atoms with Gasteiger partial charge in [-0.25, -0.2) is 0 Å². The largest absolute Gasteiger partial charge is 0.419 e. The van der Waals surface area contributed by atoms with E-state index in [-0.39, 0.29) is 6.04 Å². The van der Waals surface area contributed by atoms with Gasteiger partial charge in [0, 0.05) is 23.7 Å². The highest BCUT2D eigenvalue weighted by Crippen LogP contribution is 2.25. The summed E-state index contributed by atoms with van der Waals surface area (Å²) in [5.41, 5.74) is 0.838. The maximum absolute atomic E-state index is 5.97. The summed E-state index contributed by atoms with van der Waals surface area (Å²) in [4.78, 5) is 2.28. The van der Waals surface area contributed by atoms with Gasteiger partial charge in [0.25, 0.3) is 0 Å². The van der Waals surface area contributed by atoms with Gasteiger partial charge in [-0.05, 0) is 25.1 Å². The van der Waals surface area contributed by atoms with Gasteiger partial charge in [-0.2, -0.15) is 0 Å². The molecule has 0 aliphatic carbocycles. The molecule has 2 aromatic rings. The Labute approximate surface area is 122 Å². The first kappa shape index (κ1) is 13.5. The van der Waals surface area contributed by atoms with Gasteiger partial charge >= 0.3 is 0 Å². The second-order valence-electron chi connectivity index (χ2n) is 4.78. The van der Waals surface area contributed by atoms with E-state index in [9.17, 15) is 0 Å². The van der Waals surface area contributed by atoms with Gasteiger partial charge in [-0.1, -0.05) is 17.7 Å². The molecule has 0 spiro atoms. The summed E-state index contributed by atoms with van der Waals surface area (Å²) in [6, 6.07) is 7.51. The zero-order chi connectivity index (χ0) is 13.9. The molecule has 0 bridgehead atoms. The van der Waals surface area contributed by atoms with Crippen LogP contribution in [0.5, 0.6) is 0 Å². The van der Waals surface area contributed by atoms with Crippen LogP contribution in [0.15, 0.2) is 28.7 Å². The minimum absolute atomic E-state index is 0.0966. The number of halogens is 1. The second-order valence-corrected chi connectivity index (χ2v) is 5.22. The Balaban J connectivity index is 1.79. The van der Waals surface area contributed by atoms with Crippen LogP contribution in [0, 0.1) is 0 Å². The molecule has 0 amide bonds. The topological polar surface area (TPSA) is 51.4 Å². The number of hydrogen-bond donors (Lipinski definition) is 0. The Morgan fingerprint density at radius 2 is 2.05 bits per heavy atom. The fraction of sp³-hybridized carbons (Fsp3) is 0.429. The molecule has 0 N–H and O–H groups in total. The highest BCUT2D eigenvalue weighted by molar-refractivity contribution is 6.30. The molecule has 3 rings (SSSR count). The molecule has 106 valence electrons. The van der Waals surface area contributed by atoms with Crippen molar-refractivity contribution in [2.24, 2.45) is 0 Å². The monoisotopic (exact) mass is 293 g/mol. The van der Waals surface area contributed by atoms with Gasteiger partial charge in [0.05, 0.1) is 19.3 Å². The van der Waals surface area contributed by atoms with E-state index in [1.807, 2.05) is 24.3 Å². The molecule has 1 aromatic heterocycles. The van der Waals surface area contributed by atoms with Crippen LogP contribution < -0.4 is 0 Å². The summed E-state index contributed by atoms with van der Waals surface area (Å²) < 4.78 is 11.1. The normalized spacial score (nSPS) is 18.1. The lowest BCUT2D eigenvalue weighted by Crippen LogP contribution is -2.38. The summed E-state index contributed by atoms with van der Waals surface area (Å²) in [5.74, 6) is 1.13. The van der Waals surface area contributed by atoms with Crippen molar-refractivity contribution < 1.29 is 9.15 Å². The Hall–Kier alpha value is -1.43. The Morgan fingerprint density at radius 1 is 1.25 bits per heavy atom. The lowest BCUT2D eigenvalue weighted by Gasteiger charge is -2.30. The molecule has 0 unspecified atom stereocenters. The van der Waals surface area contributed by atoms with Crippen molar-refractivity contribution in [1.82, 2.24) is 15.1 Å². The highest BCUT2D eigenvalue weighted by Gasteiger charge is 2.23. The predicted octanol–water partition coefficient (Wildman–Crippen LogP) is 2.78. The Bertz CT molecular complexity index is 581. The first-order valence-electron chi connectivity index (χ1n) is 6.65. The number of benzene rings is 1. The van der Waals surface area contributed by atoms with Crippen LogP contribution in [0.3, 0.4) is 0 Å². The van der Waals surface area contributed by atoms with Crippen molar-refractivity contribution >= 4 is 11.6 Å². The molecular formula is C14H16ClN3O2. The van der Waals surface area contributed by atoms with Crippen LogP contribution in [0.1, 0.15) is 18.9 Å². The van der Waals surface area contributed by atoms with E-state index in [1.54, 1.807) is 0 Å². The summed E-state index contributed by atoms with van der Waals surface area (Å²) in [7, 11) is 0. The fourth-order valence-corrected chi connectivity index (χ4v) is 2.45. The third-order valence-corrected chi connectivity index (χ3v) is 3.70. The lowest BCUT2D eigenvalue weighted by atomic mass is 10.2. The number of rotatable bonds is 3. The van der Waals surface area contributed by atoms with Crippen LogP contribution in [-0.4, -0.2) is 41.4 Å². The van der Waals surface area contributed by atoms with Crippen LogP contribution in [0.4, 0.5) is 0 Å². The molecule has 1 fully saturated rings. The molecule has 1 aliphatic heterocycles. The first-order valence-corrected chi connectivity index (χ1v) is 7.03. The minimum atomic E-state index is 0.0966. The average Bonchev–Trinajstić information content (AvgIpc) is 2.97. The zero-order valence-corrected chi connectivity index (χ0v) is 12.0. The summed E-state index contributed by atoms with van der Waals surface area (Å²) >= 11 is 5.97. The van der Waals surface area contributed by atoms with Crippen molar-refractivity contribution in [1.29, 1.82) is 0 Å². The number of nitrogens with zero attached hydrogens (tertiary/aromatic N) is 3. The number of ether oxygens (including phenoxy) is 1. The lowest BCUT2D eigenvalue weighted by molar-refractivity contribution is 0.0147. The zero-order valence-electron chi connectivity index (χ0n) is 11.3. The average molecular weight is 294 g/mol. The second kappa shape index (κ2) is 5.91. The molecule has 2 heterocycles. The highest BCUT2D eigenvalue weighted by atomic mass is 35.5. The molecule has 0 radical (unpaired) electrons. The number of hydrogen-bond acceptors (Lipinski definition) is 5. The van der Waals surface area contributed by atoms with Gasteiger partial charge in [0.15, 0.2) is 0 Å². The summed E-state index contributed by atoms with van der Waals surface area (Å²) in [6.07, 6.45) is 0. The van der Waals surface area contributed by atoms with Crippen LogP contribution >= 0.6 is 11.6 Å². The van der Waals surface area contributed by atoms with Crippen LogP contribution in [0.25, 0.3) is 11.5 Å². The third-order valence-electron chi connectivity index (χ3n) is 3.46. The van der Waals surface area contributed by atoms with Crippen molar-refractivity contribution in [2.75, 3.05) is 26.3 Å². The Kier molecular flexibility index (Phi) is 4.00. The van der Waals surface area contributed by atoms with E-state index >= 15 is 0 Å². The van der Waals surface area contributed by atoms with Crippen molar-refractivity contribution in [3.63, 3.8) is 0 Å². The summed E-state index contributed by atoms with van der Waals surface area (Å²) in [5, 5.41) is 8.92. The maximum atomic E-state index is 5.97. The van der Waals surface area contributed by atoms with Crippen LogP contribution in [0.2, 0.25) is 5.02 Å². The molecule has 20 heavy (non-hydrogen) atoms. The molecule has 6 heteroatoms. The van der Waals surface area contributed by atoms with E-state index < -0.39 is 0 Å². The molecule has 5 nitrogen and oxygen atoms in total. The Morgan fingerprint density at radius 3 is 2.80 bits per heavy atom. The fourth-order valence-electron chi connectivity index (χ4n) is 2.26. The quantitative estimate of drug-likeness (QED) is 0.871. The third kappa shape index (κ3) is 2.85. The first-order chi connectivity index (χ1) is 9.74. The van der Waals surface area contributed by atoms with Crippen molar-refractivity contribution in [3.05, 3.63) is 35.2 Å². The number of morpholine rings is 1. The van der Waals surface area contributed by atoms with Gasteiger partial charge < -0.3 is 9.15 Å². The van der Waals surface area contributed by atoms with Gasteiger partial charge in [0.2, 0.25) is 11.8 Å². The molecular weight excluding hydrogens is 278 g/mol.